The first-order valence-corrected chi connectivity index (χ1v) is 8.61. The van der Waals surface area contributed by atoms with Gasteiger partial charge in [-0.15, -0.1) is 13.1 Å². The summed E-state index contributed by atoms with van der Waals surface area (Å²) in [5.74, 6) is -0.906. The summed E-state index contributed by atoms with van der Waals surface area (Å²) in [6.07, 6.45) is 2.92. The molecule has 1 aliphatic heterocycles. The normalized spacial score (nSPS) is 19.7. The smallest absolute Gasteiger partial charge is 0.691 e. The van der Waals surface area contributed by atoms with Crippen molar-refractivity contribution in [3.63, 3.8) is 0 Å². The molecule has 1 radical (unpaired) electrons. The van der Waals surface area contributed by atoms with E-state index in [9.17, 15) is 9.59 Å². The monoisotopic (exact) mass is 425 g/mol. The number of esters is 2. The number of hydrogen-bond acceptors (Lipinski definition) is 6. The van der Waals surface area contributed by atoms with Crippen LogP contribution in [0.1, 0.15) is 27.7 Å². The van der Waals surface area contributed by atoms with Crippen LogP contribution >= 0.6 is 0 Å². The Morgan fingerprint density at radius 3 is 1.59 bits per heavy atom. The first-order chi connectivity index (χ1) is 12.5. The molecule has 27 heavy (non-hydrogen) atoms. The number of ether oxygens (including phenoxy) is 2. The maximum absolute atomic E-state index is 12.0. The molecule has 0 bridgehead atoms. The minimum absolute atomic E-state index is 0. The summed E-state index contributed by atoms with van der Waals surface area (Å²) in [6.45, 7) is 8.97. The number of hydrogen-bond donors (Lipinski definition) is 0. The summed E-state index contributed by atoms with van der Waals surface area (Å²) in [5.41, 5.74) is 1.73. The topological polar surface area (TPSA) is 106 Å². The van der Waals surface area contributed by atoms with E-state index in [4.69, 9.17) is 9.47 Å². The van der Waals surface area contributed by atoms with E-state index in [2.05, 4.69) is 20.6 Å². The second kappa shape index (κ2) is 14.0. The average Bonchev–Trinajstić information content (AvgIpc) is 2.60. The summed E-state index contributed by atoms with van der Waals surface area (Å²) in [5, 5.41) is 8.41. The SMILES string of the molecule is CCOC(=O)/C1=C\[N-]CC[N-]/C=C(/C(=O)OCC)C(C)=NCCN=C1C.[Cu+2]. The number of aliphatic imine (C=N–C) groups is 2. The van der Waals surface area contributed by atoms with E-state index in [1.807, 2.05) is 0 Å². The van der Waals surface area contributed by atoms with Crippen LogP contribution in [0.4, 0.5) is 0 Å². The Morgan fingerprint density at radius 1 is 0.889 bits per heavy atom. The van der Waals surface area contributed by atoms with Gasteiger partial charge in [0.1, 0.15) is 0 Å². The van der Waals surface area contributed by atoms with Gasteiger partial charge in [-0.2, -0.15) is 12.4 Å². The maximum Gasteiger partial charge on any atom is 2.00 e. The van der Waals surface area contributed by atoms with E-state index < -0.39 is 11.9 Å². The van der Waals surface area contributed by atoms with Crippen LogP contribution in [0.2, 0.25) is 0 Å². The van der Waals surface area contributed by atoms with Crippen LogP contribution in [0, 0.1) is 0 Å². The molecular weight excluding hydrogens is 400 g/mol. The van der Waals surface area contributed by atoms with Crippen LogP contribution in [0.15, 0.2) is 33.5 Å². The fourth-order valence-corrected chi connectivity index (χ4v) is 2.04. The summed E-state index contributed by atoms with van der Waals surface area (Å²) in [7, 11) is 0. The molecule has 1 heterocycles. The Morgan fingerprint density at radius 2 is 1.26 bits per heavy atom. The fourth-order valence-electron chi connectivity index (χ4n) is 2.04. The van der Waals surface area contributed by atoms with E-state index in [-0.39, 0.29) is 30.3 Å². The maximum atomic E-state index is 12.0. The van der Waals surface area contributed by atoms with Crippen molar-refractivity contribution in [2.75, 3.05) is 39.4 Å². The van der Waals surface area contributed by atoms with E-state index in [0.29, 0.717) is 48.7 Å². The second-order valence-corrected chi connectivity index (χ2v) is 5.27. The minimum atomic E-state index is -0.453. The number of carbonyl (C=O) groups excluding carboxylic acids is 2. The molecule has 0 aromatic carbocycles. The Labute approximate surface area is 171 Å². The van der Waals surface area contributed by atoms with Gasteiger partial charge in [-0.05, 0) is 27.7 Å². The van der Waals surface area contributed by atoms with Gasteiger partial charge in [0.25, 0.3) is 0 Å². The molecule has 0 fully saturated rings. The zero-order valence-electron chi connectivity index (χ0n) is 16.1. The molecular formula is C18H26CuN4O4. The standard InChI is InChI=1S/C18H28N4O4.Cu/c1-5-25-17(23)15-11-19-7-8-20-12-16(18(24)26-6-2)14(4)22-10-9-21-13(15)3;/h11-12H,5-10H2,1-4H3,(H2,19,20,21,22,23,24);/q;+2/p-2. The van der Waals surface area contributed by atoms with Crippen molar-refractivity contribution in [1.82, 2.24) is 0 Å². The van der Waals surface area contributed by atoms with Gasteiger partial charge in [0.05, 0.1) is 37.4 Å². The van der Waals surface area contributed by atoms with Gasteiger partial charge >= 0.3 is 29.0 Å². The molecule has 0 aromatic heterocycles. The summed E-state index contributed by atoms with van der Waals surface area (Å²) < 4.78 is 10.1. The minimum Gasteiger partial charge on any atom is -0.691 e. The quantitative estimate of drug-likeness (QED) is 0.509. The first kappa shape index (κ1) is 24.9. The van der Waals surface area contributed by atoms with Crippen molar-refractivity contribution < 1.29 is 36.1 Å². The molecule has 8 nitrogen and oxygen atoms in total. The molecule has 0 N–H and O–H groups in total. The Bertz CT molecular complexity index is 573. The van der Waals surface area contributed by atoms with Crippen molar-refractivity contribution in [3.05, 3.63) is 34.2 Å². The fraction of sp³-hybridized carbons (Fsp3) is 0.556. The third-order valence-corrected chi connectivity index (χ3v) is 3.37. The van der Waals surface area contributed by atoms with Gasteiger partial charge in [0.2, 0.25) is 0 Å². The van der Waals surface area contributed by atoms with Crippen LogP contribution in [-0.4, -0.2) is 62.8 Å². The molecule has 0 saturated heterocycles. The predicted octanol–water partition coefficient (Wildman–Crippen LogP) is 2.56. The van der Waals surface area contributed by atoms with Gasteiger partial charge in [0.15, 0.2) is 0 Å². The molecule has 0 atom stereocenters. The van der Waals surface area contributed by atoms with Crippen molar-refractivity contribution in [1.29, 1.82) is 0 Å². The molecule has 1 aliphatic rings. The van der Waals surface area contributed by atoms with E-state index >= 15 is 0 Å². The van der Waals surface area contributed by atoms with Crippen LogP contribution < -0.4 is 0 Å². The molecule has 1 rings (SSSR count). The van der Waals surface area contributed by atoms with Gasteiger partial charge in [-0.25, -0.2) is 9.59 Å². The van der Waals surface area contributed by atoms with Crippen molar-refractivity contribution in [3.8, 4) is 0 Å². The van der Waals surface area contributed by atoms with Crippen molar-refractivity contribution in [2.45, 2.75) is 27.7 Å². The number of nitrogens with zero attached hydrogens (tertiary/aromatic N) is 4. The van der Waals surface area contributed by atoms with Crippen molar-refractivity contribution >= 4 is 23.4 Å². The Balaban J connectivity index is 0.00000676. The van der Waals surface area contributed by atoms with Gasteiger partial charge in [0, 0.05) is 11.4 Å². The molecule has 0 spiro atoms. The van der Waals surface area contributed by atoms with Crippen LogP contribution in [0.3, 0.4) is 0 Å². The molecule has 0 amide bonds. The van der Waals surface area contributed by atoms with Gasteiger partial charge in [-0.1, -0.05) is 0 Å². The van der Waals surface area contributed by atoms with Gasteiger partial charge in [-0.3, -0.25) is 9.98 Å². The van der Waals surface area contributed by atoms with Crippen LogP contribution in [0.25, 0.3) is 10.6 Å². The zero-order valence-corrected chi connectivity index (χ0v) is 17.1. The summed E-state index contributed by atoms with van der Waals surface area (Å²) in [6, 6.07) is 0. The van der Waals surface area contributed by atoms with Gasteiger partial charge < -0.3 is 20.1 Å². The van der Waals surface area contributed by atoms with E-state index in [1.54, 1.807) is 27.7 Å². The zero-order chi connectivity index (χ0) is 19.4. The van der Waals surface area contributed by atoms with E-state index in [1.165, 1.54) is 12.4 Å². The summed E-state index contributed by atoms with van der Waals surface area (Å²) >= 11 is 0. The predicted molar refractivity (Wildman–Crippen MR) is 102 cm³/mol. The number of rotatable bonds is 4. The molecule has 9 heteroatoms. The van der Waals surface area contributed by atoms with E-state index in [0.717, 1.165) is 0 Å². The molecule has 153 valence electrons. The third kappa shape index (κ3) is 8.88. The third-order valence-electron chi connectivity index (χ3n) is 3.37. The largest absolute Gasteiger partial charge is 2.00 e. The second-order valence-electron chi connectivity index (χ2n) is 5.27. The molecule has 0 unspecified atom stereocenters. The molecule has 0 saturated carbocycles. The van der Waals surface area contributed by atoms with Crippen molar-refractivity contribution in [2.24, 2.45) is 9.98 Å². The average molecular weight is 426 g/mol. The summed E-state index contributed by atoms with van der Waals surface area (Å²) in [4.78, 5) is 32.8. The van der Waals surface area contributed by atoms with Crippen LogP contribution in [0.5, 0.6) is 0 Å². The number of carbonyl (C=O) groups is 2. The first-order valence-electron chi connectivity index (χ1n) is 8.61. The Hall–Kier alpha value is -2.12. The molecule has 0 aromatic rings. The van der Waals surface area contributed by atoms with Crippen LogP contribution in [-0.2, 0) is 36.1 Å². The molecule has 0 aliphatic carbocycles. The Kier molecular flexibility index (Phi) is 12.9.